The highest BCUT2D eigenvalue weighted by molar-refractivity contribution is 7.80. The van der Waals surface area contributed by atoms with Gasteiger partial charge < -0.3 is 25.7 Å². The molecule has 1 unspecified atom stereocenters. The van der Waals surface area contributed by atoms with Crippen LogP contribution in [-0.4, -0.2) is 61.8 Å². The Morgan fingerprint density at radius 2 is 1.70 bits per heavy atom. The van der Waals surface area contributed by atoms with Gasteiger partial charge in [-0.3, -0.25) is 10.2 Å². The van der Waals surface area contributed by atoms with Gasteiger partial charge in [0.15, 0.2) is 10.9 Å². The van der Waals surface area contributed by atoms with Crippen molar-refractivity contribution in [2.75, 3.05) is 0 Å². The first-order valence-corrected chi connectivity index (χ1v) is 7.42. The molecule has 1 aromatic carbocycles. The molecule has 23 heavy (non-hydrogen) atoms. The molecule has 0 heterocycles. The summed E-state index contributed by atoms with van der Waals surface area (Å²) in [6.07, 6.45) is -6.73. The predicted molar refractivity (Wildman–Crippen MR) is 85.0 cm³/mol. The van der Waals surface area contributed by atoms with Gasteiger partial charge in [0.1, 0.15) is 30.5 Å². The molecule has 0 spiro atoms. The van der Waals surface area contributed by atoms with Gasteiger partial charge >= 0.3 is 0 Å². The van der Waals surface area contributed by atoms with Gasteiger partial charge in [0.25, 0.3) is 0 Å². The van der Waals surface area contributed by atoms with E-state index in [0.29, 0.717) is 6.54 Å². The van der Waals surface area contributed by atoms with Crippen molar-refractivity contribution in [3.05, 3.63) is 35.9 Å². The van der Waals surface area contributed by atoms with Gasteiger partial charge in [0.2, 0.25) is 0 Å². The molecule has 1 aromatic rings. The summed E-state index contributed by atoms with van der Waals surface area (Å²) < 4.78 is 0. The molecular weight excluding hydrogens is 322 g/mol. The number of Topliss-reactive ketones (excluding diaryl/α,β-unsaturated/α-hetero) is 1. The van der Waals surface area contributed by atoms with Crippen molar-refractivity contribution in [3.8, 4) is 0 Å². The van der Waals surface area contributed by atoms with Gasteiger partial charge in [0.05, 0.1) is 0 Å². The minimum Gasteiger partial charge on any atom is -0.388 e. The van der Waals surface area contributed by atoms with Gasteiger partial charge in [-0.15, -0.1) is 0 Å². The number of benzene rings is 1. The number of hydrogen-bond donors (Lipinski definition) is 7. The fourth-order valence-electron chi connectivity index (χ4n) is 2.23. The molecule has 1 aliphatic carbocycles. The Kier molecular flexibility index (Phi) is 5.99. The van der Waals surface area contributed by atoms with Crippen molar-refractivity contribution in [1.82, 2.24) is 16.2 Å². The van der Waals surface area contributed by atoms with Crippen LogP contribution in [0.5, 0.6) is 0 Å². The first-order valence-electron chi connectivity index (χ1n) is 7.01. The zero-order valence-corrected chi connectivity index (χ0v) is 12.9. The number of hydrazine groups is 1. The van der Waals surface area contributed by atoms with E-state index in [-0.39, 0.29) is 5.11 Å². The van der Waals surface area contributed by atoms with E-state index in [1.807, 2.05) is 30.3 Å². The van der Waals surface area contributed by atoms with Crippen molar-refractivity contribution in [2.24, 2.45) is 0 Å². The smallest absolute Gasteiger partial charge is 0.185 e. The average Bonchev–Trinajstić information content (AvgIpc) is 2.57. The SMILES string of the molecule is O=C1C(NNC(=S)NCc2ccccc2)[C@H](O)[C@@H](O)[C@H](O)[C@@H]1O. The lowest BCUT2D eigenvalue weighted by atomic mass is 9.85. The molecule has 8 nitrogen and oxygen atoms in total. The number of nitrogens with one attached hydrogen (secondary N) is 3. The van der Waals surface area contributed by atoms with Crippen molar-refractivity contribution in [1.29, 1.82) is 0 Å². The second-order valence-corrected chi connectivity index (χ2v) is 5.64. The highest BCUT2D eigenvalue weighted by atomic mass is 32.1. The first-order chi connectivity index (χ1) is 10.9. The summed E-state index contributed by atoms with van der Waals surface area (Å²) >= 11 is 5.03. The van der Waals surface area contributed by atoms with Crippen LogP contribution in [-0.2, 0) is 11.3 Å². The Balaban J connectivity index is 1.84. The maximum absolute atomic E-state index is 11.8. The van der Waals surface area contributed by atoms with Crippen molar-refractivity contribution in [3.63, 3.8) is 0 Å². The first kappa shape index (κ1) is 17.7. The van der Waals surface area contributed by atoms with Crippen LogP contribution in [0, 0.1) is 0 Å². The number of carbonyl (C=O) groups excluding carboxylic acids is 1. The lowest BCUT2D eigenvalue weighted by Crippen LogP contribution is -2.68. The summed E-state index contributed by atoms with van der Waals surface area (Å²) in [7, 11) is 0. The molecule has 0 aromatic heterocycles. The van der Waals surface area contributed by atoms with E-state index in [1.165, 1.54) is 0 Å². The van der Waals surface area contributed by atoms with Gasteiger partial charge in [-0.25, -0.2) is 5.43 Å². The molecule has 0 radical (unpaired) electrons. The zero-order valence-electron chi connectivity index (χ0n) is 12.1. The maximum Gasteiger partial charge on any atom is 0.185 e. The molecule has 5 atom stereocenters. The summed E-state index contributed by atoms with van der Waals surface area (Å²) in [6, 6.07) is 8.17. The Morgan fingerprint density at radius 1 is 1.04 bits per heavy atom. The average molecular weight is 341 g/mol. The largest absolute Gasteiger partial charge is 0.388 e. The normalized spacial score (nSPS) is 30.8. The van der Waals surface area contributed by atoms with E-state index in [1.54, 1.807) is 0 Å². The van der Waals surface area contributed by atoms with Crippen molar-refractivity contribution in [2.45, 2.75) is 37.0 Å². The van der Waals surface area contributed by atoms with Crippen molar-refractivity contribution >= 4 is 23.1 Å². The second kappa shape index (κ2) is 7.77. The highest BCUT2D eigenvalue weighted by Gasteiger charge is 2.48. The summed E-state index contributed by atoms with van der Waals surface area (Å²) in [6.45, 7) is 0.458. The Bertz CT molecular complexity index is 559. The highest BCUT2D eigenvalue weighted by Crippen LogP contribution is 2.17. The lowest BCUT2D eigenvalue weighted by molar-refractivity contribution is -0.169. The van der Waals surface area contributed by atoms with Gasteiger partial charge in [0, 0.05) is 6.54 Å². The summed E-state index contributed by atoms with van der Waals surface area (Å²) in [5.74, 6) is -0.839. The van der Waals surface area contributed by atoms with Gasteiger partial charge in [-0.2, -0.15) is 0 Å². The number of rotatable bonds is 4. The van der Waals surface area contributed by atoms with E-state index < -0.39 is 36.2 Å². The maximum atomic E-state index is 11.8. The topological polar surface area (TPSA) is 134 Å². The molecule has 1 aliphatic rings. The number of ketones is 1. The van der Waals surface area contributed by atoms with Crippen molar-refractivity contribution < 1.29 is 25.2 Å². The standard InChI is InChI=1S/C14H19N3O5S/c18-9-8(10(19)12(21)13(22)11(9)20)16-17-14(23)15-6-7-4-2-1-3-5-7/h1-5,8-9,11-13,16,18,20-22H,6H2,(H2,15,17,23)/t8?,9-,11+,12+,13-/m0/s1. The van der Waals surface area contributed by atoms with E-state index >= 15 is 0 Å². The van der Waals surface area contributed by atoms with E-state index in [2.05, 4.69) is 16.2 Å². The number of thiocarbonyl (C=S) groups is 1. The molecule has 9 heteroatoms. The zero-order chi connectivity index (χ0) is 17.0. The van der Waals surface area contributed by atoms with E-state index in [9.17, 15) is 25.2 Å². The Morgan fingerprint density at radius 3 is 2.35 bits per heavy atom. The quantitative estimate of drug-likeness (QED) is 0.235. The molecule has 0 saturated heterocycles. The molecular formula is C14H19N3O5S. The van der Waals surface area contributed by atoms with Gasteiger partial charge in [-0.05, 0) is 17.8 Å². The number of aliphatic hydroxyl groups excluding tert-OH is 4. The molecule has 1 saturated carbocycles. The van der Waals surface area contributed by atoms with Crippen LogP contribution < -0.4 is 16.2 Å². The van der Waals surface area contributed by atoms with E-state index in [0.717, 1.165) is 5.56 Å². The molecule has 126 valence electrons. The Labute approximate surface area is 138 Å². The van der Waals surface area contributed by atoms with Crippen LogP contribution in [0.1, 0.15) is 5.56 Å². The molecule has 0 bridgehead atoms. The number of hydrogen-bond acceptors (Lipinski definition) is 7. The Hall–Kier alpha value is -1.62. The molecule has 2 rings (SSSR count). The fourth-order valence-corrected chi connectivity index (χ4v) is 2.36. The third-order valence-corrected chi connectivity index (χ3v) is 3.85. The third kappa shape index (κ3) is 4.22. The lowest BCUT2D eigenvalue weighted by Gasteiger charge is -2.37. The van der Waals surface area contributed by atoms with Crippen LogP contribution in [0.25, 0.3) is 0 Å². The molecule has 7 N–H and O–H groups in total. The van der Waals surface area contributed by atoms with Crippen LogP contribution >= 0.6 is 12.2 Å². The van der Waals surface area contributed by atoms with E-state index in [4.69, 9.17) is 12.2 Å². The third-order valence-electron chi connectivity index (χ3n) is 3.60. The number of aliphatic hydroxyl groups is 4. The summed E-state index contributed by atoms with van der Waals surface area (Å²) in [4.78, 5) is 11.8. The van der Waals surface area contributed by atoms with Gasteiger partial charge in [-0.1, -0.05) is 30.3 Å². The monoisotopic (exact) mass is 341 g/mol. The minimum absolute atomic E-state index is 0.170. The van der Waals surface area contributed by atoms with Crippen LogP contribution in [0.3, 0.4) is 0 Å². The fraction of sp³-hybridized carbons (Fsp3) is 0.429. The van der Waals surface area contributed by atoms with Crippen LogP contribution in [0.2, 0.25) is 0 Å². The summed E-state index contributed by atoms with van der Waals surface area (Å²) in [5.41, 5.74) is 5.98. The molecule has 1 fully saturated rings. The van der Waals surface area contributed by atoms with Crippen LogP contribution in [0.15, 0.2) is 30.3 Å². The minimum atomic E-state index is -1.78. The molecule has 0 amide bonds. The second-order valence-electron chi connectivity index (χ2n) is 5.23. The molecule has 0 aliphatic heterocycles. The summed E-state index contributed by atoms with van der Waals surface area (Å²) in [5, 5.41) is 41.4. The number of carbonyl (C=O) groups is 1. The predicted octanol–water partition coefficient (Wildman–Crippen LogP) is -2.45. The van der Waals surface area contributed by atoms with Crippen LogP contribution in [0.4, 0.5) is 0 Å².